The summed E-state index contributed by atoms with van der Waals surface area (Å²) in [6.45, 7) is 7.44. The number of imidazole rings is 1. The first-order valence-electron chi connectivity index (χ1n) is 14.7. The molecule has 2 aromatic carbocycles. The van der Waals surface area contributed by atoms with E-state index in [0.29, 0.717) is 37.3 Å². The highest BCUT2D eigenvalue weighted by Gasteiger charge is 2.46. The third kappa shape index (κ3) is 4.31. The Morgan fingerprint density at radius 1 is 1.17 bits per heavy atom. The van der Waals surface area contributed by atoms with Gasteiger partial charge in [-0.25, -0.2) is 9.37 Å². The van der Waals surface area contributed by atoms with Gasteiger partial charge < -0.3 is 15.0 Å². The van der Waals surface area contributed by atoms with Gasteiger partial charge in [0.15, 0.2) is 17.4 Å². The van der Waals surface area contributed by atoms with Crippen molar-refractivity contribution < 1.29 is 14.3 Å². The zero-order valence-corrected chi connectivity index (χ0v) is 23.7. The molecular formula is C31H36FN7O2. The number of H-pyrrole nitrogens is 2. The second-order valence-corrected chi connectivity index (χ2v) is 11.8. The number of aromatic amines is 2. The van der Waals surface area contributed by atoms with Crippen LogP contribution in [0.2, 0.25) is 0 Å². The van der Waals surface area contributed by atoms with Crippen LogP contribution in [0.4, 0.5) is 4.39 Å². The Kier molecular flexibility index (Phi) is 6.35. The van der Waals surface area contributed by atoms with E-state index in [4.69, 9.17) is 4.98 Å². The Balaban J connectivity index is 1.18. The molecule has 2 bridgehead atoms. The summed E-state index contributed by atoms with van der Waals surface area (Å²) < 4.78 is 14.2. The van der Waals surface area contributed by atoms with E-state index >= 15 is 0 Å². The highest BCUT2D eigenvalue weighted by Crippen LogP contribution is 2.35. The van der Waals surface area contributed by atoms with E-state index in [-0.39, 0.29) is 17.7 Å². The van der Waals surface area contributed by atoms with E-state index in [1.54, 1.807) is 0 Å². The minimum Gasteiger partial charge on any atom is -0.505 e. The van der Waals surface area contributed by atoms with Gasteiger partial charge in [-0.3, -0.25) is 19.7 Å². The number of nitrogens with one attached hydrogen (secondary N) is 2. The van der Waals surface area contributed by atoms with Gasteiger partial charge in [-0.1, -0.05) is 19.9 Å². The van der Waals surface area contributed by atoms with Crippen molar-refractivity contribution >= 4 is 16.8 Å². The number of aromatic nitrogens is 4. The molecule has 5 heterocycles. The van der Waals surface area contributed by atoms with Crippen molar-refractivity contribution in [2.45, 2.75) is 64.2 Å². The molecule has 3 N–H and O–H groups in total. The molecule has 3 atom stereocenters. The van der Waals surface area contributed by atoms with E-state index < -0.39 is 5.82 Å². The van der Waals surface area contributed by atoms with Gasteiger partial charge in [0.1, 0.15) is 5.69 Å². The van der Waals surface area contributed by atoms with E-state index in [2.05, 4.69) is 43.9 Å². The van der Waals surface area contributed by atoms with E-state index in [1.165, 1.54) is 12.1 Å². The number of hydrogen-bond donors (Lipinski definition) is 3. The Bertz CT molecular complexity index is 1640. The molecule has 2 saturated heterocycles. The Hall–Kier alpha value is -3.76. The molecule has 3 aliphatic rings. The number of halogens is 1. The minimum atomic E-state index is -0.637. The van der Waals surface area contributed by atoms with Crippen molar-refractivity contribution in [1.29, 1.82) is 0 Å². The number of amides is 1. The average Bonchev–Trinajstić information content (AvgIpc) is 3.75. The monoisotopic (exact) mass is 557 g/mol. The number of hydrogen-bond acceptors (Lipinski definition) is 6. The normalized spacial score (nSPS) is 22.6. The molecule has 0 saturated carbocycles. The summed E-state index contributed by atoms with van der Waals surface area (Å²) in [4.78, 5) is 29.1. The zero-order valence-electron chi connectivity index (χ0n) is 23.7. The molecule has 2 fully saturated rings. The number of rotatable bonds is 6. The van der Waals surface area contributed by atoms with Gasteiger partial charge in [-0.05, 0) is 73.8 Å². The molecule has 214 valence electrons. The molecule has 9 nitrogen and oxygen atoms in total. The van der Waals surface area contributed by atoms with Gasteiger partial charge in [0, 0.05) is 43.5 Å². The third-order valence-electron chi connectivity index (χ3n) is 9.30. The van der Waals surface area contributed by atoms with Crippen molar-refractivity contribution in [2.75, 3.05) is 26.7 Å². The quantitative estimate of drug-likeness (QED) is 0.330. The molecular weight excluding hydrogens is 521 g/mol. The molecule has 1 amide bonds. The van der Waals surface area contributed by atoms with Crippen LogP contribution in [-0.4, -0.2) is 90.7 Å². The molecule has 4 aromatic rings. The van der Waals surface area contributed by atoms with E-state index in [0.717, 1.165) is 77.2 Å². The summed E-state index contributed by atoms with van der Waals surface area (Å²) in [5, 5.41) is 18.5. The van der Waals surface area contributed by atoms with Crippen LogP contribution in [0.5, 0.6) is 5.75 Å². The van der Waals surface area contributed by atoms with Crippen molar-refractivity contribution in [2.24, 2.45) is 0 Å². The van der Waals surface area contributed by atoms with Crippen LogP contribution in [0, 0.1) is 5.82 Å². The van der Waals surface area contributed by atoms with Crippen LogP contribution in [0.1, 0.15) is 43.6 Å². The topological polar surface area (TPSA) is 104 Å². The SMILES string of the molecule is CCCN1Cc2[nH]c(-c3n[nH]c4cc(-c5cc(F)c(O)cc5CC)ccc34)nc2CC1C(=O)N1CC2CC1CN2C. The highest BCUT2D eigenvalue weighted by atomic mass is 19.1. The number of aromatic hydroxyl groups is 1. The second kappa shape index (κ2) is 9.95. The van der Waals surface area contributed by atoms with Gasteiger partial charge in [0.05, 0.1) is 22.9 Å². The van der Waals surface area contributed by atoms with Gasteiger partial charge in [-0.2, -0.15) is 5.10 Å². The van der Waals surface area contributed by atoms with Crippen LogP contribution in [0.15, 0.2) is 30.3 Å². The predicted molar refractivity (Wildman–Crippen MR) is 155 cm³/mol. The lowest BCUT2D eigenvalue weighted by molar-refractivity contribution is -0.140. The number of fused-ring (bicyclic) bond motifs is 4. The number of likely N-dealkylation sites (tertiary alicyclic amines) is 2. The zero-order chi connectivity index (χ0) is 28.4. The number of phenols is 1. The lowest BCUT2D eigenvalue weighted by Crippen LogP contribution is -2.56. The molecule has 0 aliphatic carbocycles. The number of piperazine rings is 1. The lowest BCUT2D eigenvalue weighted by atomic mass is 9.96. The molecule has 7 rings (SSSR count). The van der Waals surface area contributed by atoms with Gasteiger partial charge >= 0.3 is 0 Å². The van der Waals surface area contributed by atoms with Gasteiger partial charge in [0.25, 0.3) is 0 Å². The first-order valence-corrected chi connectivity index (χ1v) is 14.7. The third-order valence-corrected chi connectivity index (χ3v) is 9.30. The number of phenolic OH excluding ortho intramolecular Hbond substituents is 1. The van der Waals surface area contributed by atoms with Crippen LogP contribution in [0.3, 0.4) is 0 Å². The molecule has 3 aliphatic heterocycles. The smallest absolute Gasteiger partial charge is 0.240 e. The second-order valence-electron chi connectivity index (χ2n) is 11.8. The molecule has 0 radical (unpaired) electrons. The standard InChI is InChI=1S/C31H36FN7O2/c1-4-8-38-16-26-25(13-27(38)31(41)39-15-19-11-20(39)14-37(19)3)33-30(34-26)29-21-7-6-18(9-24(21)35-36-29)22-12-23(32)28(40)10-17(22)5-2/h6-7,9-10,12,19-20,27,40H,4-5,8,11,13-16H2,1-3H3,(H,33,34)(H,35,36). The van der Waals surface area contributed by atoms with Crippen molar-refractivity contribution in [1.82, 2.24) is 34.9 Å². The van der Waals surface area contributed by atoms with Crippen LogP contribution >= 0.6 is 0 Å². The molecule has 0 spiro atoms. The van der Waals surface area contributed by atoms with Crippen molar-refractivity contribution in [3.63, 3.8) is 0 Å². The van der Waals surface area contributed by atoms with Crippen LogP contribution in [-0.2, 0) is 24.2 Å². The van der Waals surface area contributed by atoms with Crippen molar-refractivity contribution in [3.05, 3.63) is 53.1 Å². The fourth-order valence-electron chi connectivity index (χ4n) is 7.11. The van der Waals surface area contributed by atoms with Crippen molar-refractivity contribution in [3.8, 4) is 28.4 Å². The molecule has 2 aromatic heterocycles. The largest absolute Gasteiger partial charge is 0.505 e. The minimum absolute atomic E-state index is 0.194. The fourth-order valence-corrected chi connectivity index (χ4v) is 7.11. The van der Waals surface area contributed by atoms with Gasteiger partial charge in [-0.15, -0.1) is 0 Å². The van der Waals surface area contributed by atoms with Gasteiger partial charge in [0.2, 0.25) is 5.91 Å². The highest BCUT2D eigenvalue weighted by molar-refractivity contribution is 5.94. The summed E-state index contributed by atoms with van der Waals surface area (Å²) in [7, 11) is 2.16. The lowest BCUT2D eigenvalue weighted by Gasteiger charge is -2.39. The van der Waals surface area contributed by atoms with Crippen LogP contribution < -0.4 is 0 Å². The predicted octanol–water partition coefficient (Wildman–Crippen LogP) is 4.08. The number of carbonyl (C=O) groups is 1. The Morgan fingerprint density at radius 3 is 2.76 bits per heavy atom. The Morgan fingerprint density at radius 2 is 2.02 bits per heavy atom. The summed E-state index contributed by atoms with van der Waals surface area (Å²) in [5.74, 6) is -0.0457. The maximum Gasteiger partial charge on any atom is 0.240 e. The van der Waals surface area contributed by atoms with E-state index in [1.807, 2.05) is 25.1 Å². The summed E-state index contributed by atoms with van der Waals surface area (Å²) >= 11 is 0. The molecule has 41 heavy (non-hydrogen) atoms. The number of carbonyl (C=O) groups excluding carboxylic acids is 1. The maximum absolute atomic E-state index is 14.2. The first kappa shape index (κ1) is 26.2. The summed E-state index contributed by atoms with van der Waals surface area (Å²) in [6, 6.07) is 9.38. The summed E-state index contributed by atoms with van der Waals surface area (Å²) in [5.41, 5.74) is 5.98. The fraction of sp³-hybridized carbons (Fsp3) is 0.452. The molecule has 10 heteroatoms. The average molecular weight is 558 g/mol. The molecule has 3 unspecified atom stereocenters. The van der Waals surface area contributed by atoms with Crippen LogP contribution in [0.25, 0.3) is 33.5 Å². The van der Waals surface area contributed by atoms with E-state index in [9.17, 15) is 14.3 Å². The Labute approximate surface area is 238 Å². The maximum atomic E-state index is 14.2. The number of benzene rings is 2. The first-order chi connectivity index (χ1) is 19.8. The summed E-state index contributed by atoms with van der Waals surface area (Å²) in [6.07, 6.45) is 3.32. The number of likely N-dealkylation sites (N-methyl/N-ethyl adjacent to an activating group) is 1. The number of nitrogens with zero attached hydrogens (tertiary/aromatic N) is 5. The number of aryl methyl sites for hydroxylation is 1.